The average Bonchev–Trinajstić information content (AvgIpc) is 2.65. The van der Waals surface area contributed by atoms with Crippen molar-refractivity contribution in [1.29, 1.82) is 0 Å². The van der Waals surface area contributed by atoms with Gasteiger partial charge in [-0.05, 0) is 47.8 Å². The van der Waals surface area contributed by atoms with Crippen molar-refractivity contribution in [2.45, 2.75) is 36.1 Å². The van der Waals surface area contributed by atoms with Gasteiger partial charge in [-0.2, -0.15) is 0 Å². The first-order valence-corrected chi connectivity index (χ1v) is 8.46. The van der Waals surface area contributed by atoms with Crippen molar-refractivity contribution < 1.29 is 13.2 Å². The molecule has 0 saturated carbocycles. The Morgan fingerprint density at radius 2 is 2.29 bits per heavy atom. The van der Waals surface area contributed by atoms with E-state index in [4.69, 9.17) is 4.74 Å². The first-order valence-electron chi connectivity index (χ1n) is 5.36. The molecule has 0 aromatic carbocycles. The summed E-state index contributed by atoms with van der Waals surface area (Å²) in [6.45, 7) is 2.57. The number of ether oxygens (including phenoxy) is 1. The van der Waals surface area contributed by atoms with Crippen LogP contribution in [0.4, 0.5) is 0 Å². The highest BCUT2D eigenvalue weighted by atomic mass is 79.9. The van der Waals surface area contributed by atoms with Crippen LogP contribution < -0.4 is 4.72 Å². The third-order valence-corrected chi connectivity index (χ3v) is 6.26. The molecular formula is C10H14BrNO3S2. The molecule has 96 valence electrons. The number of rotatable bonds is 3. The maximum absolute atomic E-state index is 12.1. The van der Waals surface area contributed by atoms with Gasteiger partial charge in [0.2, 0.25) is 10.0 Å². The maximum Gasteiger partial charge on any atom is 0.250 e. The molecule has 2 unspecified atom stereocenters. The molecule has 4 nitrogen and oxygen atoms in total. The van der Waals surface area contributed by atoms with Gasteiger partial charge in [-0.1, -0.05) is 0 Å². The van der Waals surface area contributed by atoms with Crippen LogP contribution in [0.2, 0.25) is 0 Å². The molecule has 0 radical (unpaired) electrons. The largest absolute Gasteiger partial charge is 0.378 e. The number of thiophene rings is 1. The number of hydrogen-bond acceptors (Lipinski definition) is 4. The highest BCUT2D eigenvalue weighted by Gasteiger charge is 2.25. The SMILES string of the molecule is CC1CC(NS(=O)(=O)c2ccc(Br)s2)CCO1. The lowest BCUT2D eigenvalue weighted by Crippen LogP contribution is -2.40. The molecule has 1 N–H and O–H groups in total. The van der Waals surface area contributed by atoms with E-state index in [2.05, 4.69) is 20.7 Å². The summed E-state index contributed by atoms with van der Waals surface area (Å²) in [5, 5.41) is 0. The van der Waals surface area contributed by atoms with Crippen molar-refractivity contribution in [2.24, 2.45) is 0 Å². The van der Waals surface area contributed by atoms with Crippen molar-refractivity contribution in [3.05, 3.63) is 15.9 Å². The standard InChI is InChI=1S/C10H14BrNO3S2/c1-7-6-8(4-5-15-7)12-17(13,14)10-3-2-9(11)16-10/h2-3,7-8,12H,4-6H2,1H3. The van der Waals surface area contributed by atoms with Crippen LogP contribution >= 0.6 is 27.3 Å². The van der Waals surface area contributed by atoms with E-state index in [1.54, 1.807) is 12.1 Å². The summed E-state index contributed by atoms with van der Waals surface area (Å²) in [6.07, 6.45) is 1.58. The van der Waals surface area contributed by atoms with E-state index in [1.165, 1.54) is 11.3 Å². The lowest BCUT2D eigenvalue weighted by molar-refractivity contribution is 0.0173. The smallest absolute Gasteiger partial charge is 0.250 e. The van der Waals surface area contributed by atoms with Crippen LogP contribution in [0.5, 0.6) is 0 Å². The summed E-state index contributed by atoms with van der Waals surface area (Å²) in [5.41, 5.74) is 0. The van der Waals surface area contributed by atoms with Gasteiger partial charge >= 0.3 is 0 Å². The van der Waals surface area contributed by atoms with Crippen molar-refractivity contribution in [2.75, 3.05) is 6.61 Å². The van der Waals surface area contributed by atoms with Crippen LogP contribution in [-0.2, 0) is 14.8 Å². The summed E-state index contributed by atoms with van der Waals surface area (Å²) in [4.78, 5) is 0. The lowest BCUT2D eigenvalue weighted by atomic mass is 10.1. The molecule has 2 rings (SSSR count). The monoisotopic (exact) mass is 339 g/mol. The Kier molecular flexibility index (Phi) is 4.25. The van der Waals surface area contributed by atoms with Gasteiger partial charge in [0.05, 0.1) is 9.89 Å². The van der Waals surface area contributed by atoms with Crippen molar-refractivity contribution in [3.63, 3.8) is 0 Å². The molecule has 17 heavy (non-hydrogen) atoms. The summed E-state index contributed by atoms with van der Waals surface area (Å²) in [7, 11) is -3.38. The molecule has 1 aliphatic rings. The minimum atomic E-state index is -3.38. The third-order valence-electron chi connectivity index (χ3n) is 2.62. The van der Waals surface area contributed by atoms with E-state index in [1.807, 2.05) is 6.92 Å². The molecule has 0 bridgehead atoms. The number of halogens is 1. The molecular weight excluding hydrogens is 326 g/mol. The van der Waals surface area contributed by atoms with Crippen LogP contribution in [-0.4, -0.2) is 27.2 Å². The molecule has 0 amide bonds. The number of nitrogens with one attached hydrogen (secondary N) is 1. The Morgan fingerprint density at radius 3 is 2.88 bits per heavy atom. The maximum atomic E-state index is 12.1. The van der Waals surface area contributed by atoms with Gasteiger partial charge in [0.15, 0.2) is 0 Å². The lowest BCUT2D eigenvalue weighted by Gasteiger charge is -2.27. The van der Waals surface area contributed by atoms with Gasteiger partial charge in [0, 0.05) is 12.6 Å². The Hall–Kier alpha value is 0.0500. The van der Waals surface area contributed by atoms with E-state index >= 15 is 0 Å². The summed E-state index contributed by atoms with van der Waals surface area (Å²) < 4.78 is 33.4. The van der Waals surface area contributed by atoms with Crippen molar-refractivity contribution in [3.8, 4) is 0 Å². The molecule has 1 aliphatic heterocycles. The molecule has 1 saturated heterocycles. The van der Waals surface area contributed by atoms with E-state index < -0.39 is 10.0 Å². The molecule has 0 aliphatic carbocycles. The molecule has 2 atom stereocenters. The number of hydrogen-bond donors (Lipinski definition) is 1. The highest BCUT2D eigenvalue weighted by molar-refractivity contribution is 9.11. The Bertz CT molecular complexity index is 485. The van der Waals surface area contributed by atoms with Gasteiger partial charge in [-0.15, -0.1) is 11.3 Å². The summed E-state index contributed by atoms with van der Waals surface area (Å²) >= 11 is 4.48. The fraction of sp³-hybridized carbons (Fsp3) is 0.600. The summed E-state index contributed by atoms with van der Waals surface area (Å²) in [5.74, 6) is 0. The zero-order chi connectivity index (χ0) is 12.5. The zero-order valence-corrected chi connectivity index (χ0v) is 12.6. The van der Waals surface area contributed by atoms with E-state index in [0.717, 1.165) is 16.6 Å². The molecule has 1 aromatic rings. The normalized spacial score (nSPS) is 26.0. The van der Waals surface area contributed by atoms with Crippen molar-refractivity contribution in [1.82, 2.24) is 4.72 Å². The molecule has 0 spiro atoms. The van der Waals surface area contributed by atoms with Gasteiger partial charge in [-0.3, -0.25) is 0 Å². The second-order valence-electron chi connectivity index (χ2n) is 4.08. The average molecular weight is 340 g/mol. The van der Waals surface area contributed by atoms with E-state index in [9.17, 15) is 8.42 Å². The summed E-state index contributed by atoms with van der Waals surface area (Å²) in [6, 6.07) is 3.33. The second-order valence-corrected chi connectivity index (χ2v) is 8.49. The first kappa shape index (κ1) is 13.5. The van der Waals surface area contributed by atoms with Gasteiger partial charge in [-0.25, -0.2) is 13.1 Å². The predicted molar refractivity (Wildman–Crippen MR) is 70.8 cm³/mol. The minimum Gasteiger partial charge on any atom is -0.378 e. The first-order chi connectivity index (χ1) is 7.97. The number of sulfonamides is 1. The second kappa shape index (κ2) is 5.36. The van der Waals surface area contributed by atoms with Crippen LogP contribution in [0.1, 0.15) is 19.8 Å². The Labute approximate surface area is 114 Å². The van der Waals surface area contributed by atoms with Crippen LogP contribution in [0.15, 0.2) is 20.1 Å². The highest BCUT2D eigenvalue weighted by Crippen LogP contribution is 2.26. The predicted octanol–water partition coefficient (Wildman–Crippen LogP) is 2.36. The fourth-order valence-corrected chi connectivity index (χ4v) is 5.13. The van der Waals surface area contributed by atoms with E-state index in [0.29, 0.717) is 10.8 Å². The minimum absolute atomic E-state index is 0.0235. The molecule has 7 heteroatoms. The molecule has 1 fully saturated rings. The van der Waals surface area contributed by atoms with Gasteiger partial charge in [0.25, 0.3) is 0 Å². The zero-order valence-electron chi connectivity index (χ0n) is 9.35. The van der Waals surface area contributed by atoms with Gasteiger partial charge in [0.1, 0.15) is 4.21 Å². The van der Waals surface area contributed by atoms with Crippen LogP contribution in [0.25, 0.3) is 0 Å². The Balaban J connectivity index is 2.07. The molecule has 1 aromatic heterocycles. The third kappa shape index (κ3) is 3.51. The Morgan fingerprint density at radius 1 is 1.53 bits per heavy atom. The quantitative estimate of drug-likeness (QED) is 0.919. The van der Waals surface area contributed by atoms with Crippen LogP contribution in [0, 0.1) is 0 Å². The van der Waals surface area contributed by atoms with E-state index in [-0.39, 0.29) is 12.1 Å². The fourth-order valence-electron chi connectivity index (χ4n) is 1.82. The topological polar surface area (TPSA) is 55.4 Å². The van der Waals surface area contributed by atoms with Crippen LogP contribution in [0.3, 0.4) is 0 Å². The molecule has 2 heterocycles. The van der Waals surface area contributed by atoms with Gasteiger partial charge < -0.3 is 4.74 Å². The van der Waals surface area contributed by atoms with Crippen molar-refractivity contribution >= 4 is 37.3 Å².